The number of unbranched alkanes of at least 4 members (excludes halogenated alkanes) is 3. The van der Waals surface area contributed by atoms with E-state index in [0.717, 1.165) is 6.42 Å². The molecule has 128 valence electrons. The number of carbonyl (C=O) groups excluding carboxylic acids is 1. The number of quaternary nitrogens is 1. The van der Waals surface area contributed by atoms with Crippen LogP contribution in [0.3, 0.4) is 0 Å². The Morgan fingerprint density at radius 2 is 1.77 bits per heavy atom. The average Bonchev–Trinajstić information content (AvgIpc) is 2.34. The maximum atomic E-state index is 11.8. The summed E-state index contributed by atoms with van der Waals surface area (Å²) in [7, 11) is 5.84. The average molecular weight is 314 g/mol. The van der Waals surface area contributed by atoms with Crippen LogP contribution in [0, 0.1) is 0 Å². The van der Waals surface area contributed by atoms with Crippen LogP contribution in [-0.4, -0.2) is 55.3 Å². The first kappa shape index (κ1) is 20.6. The third kappa shape index (κ3) is 13.6. The standard InChI is InChI=1S/C17H31NO4/c1-5-6-7-8-9-10-11-12-17(21)22-15(13-16(19)20)14-18(2,3)4/h9-10,15H,5-8,11-14H2,1-4H3/p+1/t15-/m1/s1. The molecule has 0 aliphatic heterocycles. The van der Waals surface area contributed by atoms with E-state index in [9.17, 15) is 9.59 Å². The van der Waals surface area contributed by atoms with Crippen LogP contribution < -0.4 is 0 Å². The van der Waals surface area contributed by atoms with Crippen LogP contribution in [-0.2, 0) is 14.3 Å². The van der Waals surface area contributed by atoms with Gasteiger partial charge in [0.25, 0.3) is 0 Å². The Kier molecular flexibility index (Phi) is 10.5. The molecule has 0 aromatic heterocycles. The quantitative estimate of drug-likeness (QED) is 0.260. The van der Waals surface area contributed by atoms with Crippen molar-refractivity contribution in [2.45, 2.75) is 58.0 Å². The van der Waals surface area contributed by atoms with Crippen molar-refractivity contribution in [3.63, 3.8) is 0 Å². The number of allylic oxidation sites excluding steroid dienone is 2. The molecule has 0 saturated carbocycles. The van der Waals surface area contributed by atoms with E-state index in [-0.39, 0.29) is 12.4 Å². The van der Waals surface area contributed by atoms with Crippen LogP contribution in [0.2, 0.25) is 0 Å². The molecule has 0 radical (unpaired) electrons. The highest BCUT2D eigenvalue weighted by Gasteiger charge is 2.24. The molecule has 0 rings (SSSR count). The summed E-state index contributed by atoms with van der Waals surface area (Å²) in [6.07, 6.45) is 9.01. The van der Waals surface area contributed by atoms with E-state index in [1.807, 2.05) is 27.2 Å². The highest BCUT2D eigenvalue weighted by atomic mass is 16.5. The largest absolute Gasteiger partial charge is 0.481 e. The number of likely N-dealkylation sites (N-methyl/N-ethyl adjacent to an activating group) is 1. The summed E-state index contributed by atoms with van der Waals surface area (Å²) < 4.78 is 5.87. The Labute approximate surface area is 134 Å². The molecule has 5 nitrogen and oxygen atoms in total. The monoisotopic (exact) mass is 314 g/mol. The lowest BCUT2D eigenvalue weighted by Gasteiger charge is -2.28. The van der Waals surface area contributed by atoms with Crippen molar-refractivity contribution in [3.8, 4) is 0 Å². The van der Waals surface area contributed by atoms with E-state index >= 15 is 0 Å². The third-order valence-corrected chi connectivity index (χ3v) is 3.11. The normalized spacial score (nSPS) is 13.3. The van der Waals surface area contributed by atoms with Crippen LogP contribution in [0.15, 0.2) is 12.2 Å². The molecule has 0 bridgehead atoms. The molecule has 5 heteroatoms. The third-order valence-electron chi connectivity index (χ3n) is 3.11. The Bertz CT molecular complexity index is 358. The number of nitrogens with zero attached hydrogens (tertiary/aromatic N) is 1. The van der Waals surface area contributed by atoms with E-state index < -0.39 is 12.1 Å². The zero-order valence-electron chi connectivity index (χ0n) is 14.5. The lowest BCUT2D eigenvalue weighted by atomic mass is 10.2. The summed E-state index contributed by atoms with van der Waals surface area (Å²) in [4.78, 5) is 22.7. The predicted molar refractivity (Wildman–Crippen MR) is 87.5 cm³/mol. The van der Waals surface area contributed by atoms with Crippen molar-refractivity contribution in [2.24, 2.45) is 0 Å². The maximum Gasteiger partial charge on any atom is 0.307 e. The molecule has 0 amide bonds. The molecular weight excluding hydrogens is 282 g/mol. The van der Waals surface area contributed by atoms with Crippen LogP contribution in [0.1, 0.15) is 51.9 Å². The van der Waals surface area contributed by atoms with Crippen LogP contribution in [0.25, 0.3) is 0 Å². The summed E-state index contributed by atoms with van der Waals surface area (Å²) in [6, 6.07) is 0. The Morgan fingerprint density at radius 1 is 1.14 bits per heavy atom. The number of carboxylic acid groups (broad SMARTS) is 1. The number of aliphatic carboxylic acids is 1. The van der Waals surface area contributed by atoms with E-state index in [2.05, 4.69) is 13.0 Å². The fourth-order valence-corrected chi connectivity index (χ4v) is 2.14. The number of esters is 1. The number of rotatable bonds is 12. The Hall–Kier alpha value is -1.36. The molecule has 22 heavy (non-hydrogen) atoms. The molecule has 0 saturated heterocycles. The van der Waals surface area contributed by atoms with Crippen molar-refractivity contribution in [1.82, 2.24) is 0 Å². The molecule has 0 aromatic carbocycles. The van der Waals surface area contributed by atoms with Crippen molar-refractivity contribution >= 4 is 11.9 Å². The minimum absolute atomic E-state index is 0.145. The first-order chi connectivity index (χ1) is 10.2. The highest BCUT2D eigenvalue weighted by molar-refractivity contribution is 5.71. The molecule has 1 atom stereocenters. The molecule has 0 unspecified atom stereocenters. The van der Waals surface area contributed by atoms with Gasteiger partial charge >= 0.3 is 11.9 Å². The van der Waals surface area contributed by atoms with Crippen molar-refractivity contribution < 1.29 is 23.9 Å². The van der Waals surface area contributed by atoms with Gasteiger partial charge in [-0.25, -0.2) is 0 Å². The van der Waals surface area contributed by atoms with Gasteiger partial charge in [0.15, 0.2) is 6.10 Å². The van der Waals surface area contributed by atoms with E-state index in [1.165, 1.54) is 19.3 Å². The van der Waals surface area contributed by atoms with Crippen molar-refractivity contribution in [2.75, 3.05) is 27.7 Å². The number of carboxylic acids is 1. The van der Waals surface area contributed by atoms with Gasteiger partial charge in [-0.2, -0.15) is 0 Å². The molecule has 0 heterocycles. The van der Waals surface area contributed by atoms with E-state index in [1.54, 1.807) is 0 Å². The number of hydrogen-bond donors (Lipinski definition) is 1. The minimum atomic E-state index is -0.943. The van der Waals surface area contributed by atoms with Crippen LogP contribution in [0.4, 0.5) is 0 Å². The van der Waals surface area contributed by atoms with Crippen LogP contribution >= 0.6 is 0 Å². The SMILES string of the molecule is CCCCCC=CCCC(=O)O[C@H](CC(=O)O)C[N+](C)(C)C. The van der Waals surface area contributed by atoms with Gasteiger partial charge in [-0.3, -0.25) is 9.59 Å². The summed E-state index contributed by atoms with van der Waals surface area (Å²) >= 11 is 0. The lowest BCUT2D eigenvalue weighted by molar-refractivity contribution is -0.873. The van der Waals surface area contributed by atoms with Gasteiger partial charge in [-0.15, -0.1) is 0 Å². The topological polar surface area (TPSA) is 63.6 Å². The molecule has 0 aliphatic carbocycles. The Morgan fingerprint density at radius 3 is 2.32 bits per heavy atom. The smallest absolute Gasteiger partial charge is 0.307 e. The molecule has 0 aliphatic rings. The van der Waals surface area contributed by atoms with Crippen LogP contribution in [0.5, 0.6) is 0 Å². The molecule has 0 spiro atoms. The fraction of sp³-hybridized carbons (Fsp3) is 0.765. The zero-order valence-corrected chi connectivity index (χ0v) is 14.5. The maximum absolute atomic E-state index is 11.8. The highest BCUT2D eigenvalue weighted by Crippen LogP contribution is 2.08. The van der Waals surface area contributed by atoms with Gasteiger partial charge in [-0.1, -0.05) is 31.9 Å². The van der Waals surface area contributed by atoms with Crippen molar-refractivity contribution in [1.29, 1.82) is 0 Å². The molecule has 1 N–H and O–H groups in total. The molecule has 0 aromatic rings. The second kappa shape index (κ2) is 11.2. The van der Waals surface area contributed by atoms with Gasteiger partial charge in [0.1, 0.15) is 6.54 Å². The fourth-order valence-electron chi connectivity index (χ4n) is 2.14. The minimum Gasteiger partial charge on any atom is -0.481 e. The first-order valence-electron chi connectivity index (χ1n) is 8.11. The van der Waals surface area contributed by atoms with Gasteiger partial charge < -0.3 is 14.3 Å². The Balaban J connectivity index is 4.09. The second-order valence-corrected chi connectivity index (χ2v) is 6.69. The summed E-state index contributed by atoms with van der Waals surface area (Å²) in [6.45, 7) is 2.66. The summed E-state index contributed by atoms with van der Waals surface area (Å²) in [5, 5.41) is 8.90. The second-order valence-electron chi connectivity index (χ2n) is 6.69. The number of ether oxygens (including phenoxy) is 1. The summed E-state index contributed by atoms with van der Waals surface area (Å²) in [5.74, 6) is -1.26. The van der Waals surface area contributed by atoms with Gasteiger partial charge in [0.05, 0.1) is 27.6 Å². The van der Waals surface area contributed by atoms with Gasteiger partial charge in [0.2, 0.25) is 0 Å². The van der Waals surface area contributed by atoms with E-state index in [0.29, 0.717) is 23.9 Å². The number of hydrogen-bond acceptors (Lipinski definition) is 3. The van der Waals surface area contributed by atoms with Gasteiger partial charge in [0, 0.05) is 6.42 Å². The molecule has 0 fully saturated rings. The first-order valence-corrected chi connectivity index (χ1v) is 8.11. The zero-order chi connectivity index (χ0) is 17.0. The number of carbonyl (C=O) groups is 2. The van der Waals surface area contributed by atoms with E-state index in [4.69, 9.17) is 9.84 Å². The summed E-state index contributed by atoms with van der Waals surface area (Å²) in [5.41, 5.74) is 0. The molecular formula is C17H32NO4+. The van der Waals surface area contributed by atoms with Crippen molar-refractivity contribution in [3.05, 3.63) is 12.2 Å². The lowest BCUT2D eigenvalue weighted by Crippen LogP contribution is -2.43. The predicted octanol–water partition coefficient (Wildman–Crippen LogP) is 3.00. The van der Waals surface area contributed by atoms with Gasteiger partial charge in [-0.05, 0) is 19.3 Å².